The lowest BCUT2D eigenvalue weighted by Gasteiger charge is -2.31. The lowest BCUT2D eigenvalue weighted by molar-refractivity contribution is -0.113. The number of anilines is 1. The molecule has 0 bridgehead atoms. The van der Waals surface area contributed by atoms with Crippen molar-refractivity contribution in [1.82, 2.24) is 10.6 Å². The molecule has 1 heterocycles. The van der Waals surface area contributed by atoms with Crippen LogP contribution in [0.5, 0.6) is 23.0 Å². The van der Waals surface area contributed by atoms with Crippen molar-refractivity contribution < 1.29 is 23.7 Å². The Morgan fingerprint density at radius 2 is 1.55 bits per heavy atom. The normalized spacial score (nSPS) is 15.5. The number of methoxy groups -OCH3 is 4. The summed E-state index contributed by atoms with van der Waals surface area (Å²) in [6, 6.07) is 10.0. The number of hydrogen-bond donors (Lipinski definition) is 3. The molecular formula is C22H25N3O5S. The van der Waals surface area contributed by atoms with Crippen LogP contribution >= 0.6 is 12.2 Å². The zero-order valence-electron chi connectivity index (χ0n) is 18.0. The van der Waals surface area contributed by atoms with Crippen molar-refractivity contribution in [2.75, 3.05) is 33.8 Å². The maximum atomic E-state index is 13.3. The smallest absolute Gasteiger partial charge is 0.255 e. The van der Waals surface area contributed by atoms with Gasteiger partial charge in [0.2, 0.25) is 0 Å². The monoisotopic (exact) mass is 443 g/mol. The highest BCUT2D eigenvalue weighted by Gasteiger charge is 2.33. The van der Waals surface area contributed by atoms with Crippen molar-refractivity contribution in [3.05, 3.63) is 53.2 Å². The number of amides is 1. The summed E-state index contributed by atoms with van der Waals surface area (Å²) in [6.45, 7) is 1.80. The molecule has 0 aromatic heterocycles. The molecule has 2 aromatic rings. The lowest BCUT2D eigenvalue weighted by atomic mass is 9.93. The zero-order valence-corrected chi connectivity index (χ0v) is 18.8. The van der Waals surface area contributed by atoms with Gasteiger partial charge in [-0.25, -0.2) is 0 Å². The molecule has 2 aromatic carbocycles. The fourth-order valence-corrected chi connectivity index (χ4v) is 3.65. The fraction of sp³-hybridized carbons (Fsp3) is 0.273. The van der Waals surface area contributed by atoms with Gasteiger partial charge in [0.05, 0.1) is 40.1 Å². The molecule has 0 saturated carbocycles. The van der Waals surface area contributed by atoms with Crippen LogP contribution in [0.25, 0.3) is 0 Å². The van der Waals surface area contributed by atoms with Gasteiger partial charge in [0, 0.05) is 23.0 Å². The summed E-state index contributed by atoms with van der Waals surface area (Å²) in [5.74, 6) is 1.98. The number of thiocarbonyl (C=S) groups is 1. The van der Waals surface area contributed by atoms with Crippen molar-refractivity contribution in [3.8, 4) is 23.0 Å². The third kappa shape index (κ3) is 4.66. The number of nitrogens with one attached hydrogen (secondary N) is 3. The van der Waals surface area contributed by atoms with Crippen molar-refractivity contribution in [2.24, 2.45) is 0 Å². The van der Waals surface area contributed by atoms with Gasteiger partial charge in [0.25, 0.3) is 5.91 Å². The molecular weight excluding hydrogens is 418 g/mol. The van der Waals surface area contributed by atoms with Crippen molar-refractivity contribution in [1.29, 1.82) is 0 Å². The molecule has 164 valence electrons. The van der Waals surface area contributed by atoms with Gasteiger partial charge in [-0.3, -0.25) is 4.79 Å². The summed E-state index contributed by atoms with van der Waals surface area (Å²) in [7, 11) is 6.24. The van der Waals surface area contributed by atoms with Crippen LogP contribution in [-0.2, 0) is 4.79 Å². The summed E-state index contributed by atoms with van der Waals surface area (Å²) in [5, 5.41) is 9.52. The molecule has 0 fully saturated rings. The maximum absolute atomic E-state index is 13.3. The van der Waals surface area contributed by atoms with Crippen molar-refractivity contribution in [2.45, 2.75) is 13.0 Å². The second kappa shape index (κ2) is 9.57. The Labute approximate surface area is 186 Å². The van der Waals surface area contributed by atoms with E-state index in [0.717, 1.165) is 0 Å². The average molecular weight is 444 g/mol. The molecule has 31 heavy (non-hydrogen) atoms. The SMILES string of the molecule is COc1ccc(NC(=O)C2=C(C)NC(=S)N[C@H]2c2cc(OC)c(OC)cc2OC)cc1. The summed E-state index contributed by atoms with van der Waals surface area (Å²) in [5.41, 5.74) is 2.42. The van der Waals surface area contributed by atoms with E-state index in [9.17, 15) is 4.79 Å². The van der Waals surface area contributed by atoms with Crippen LogP contribution in [-0.4, -0.2) is 39.5 Å². The molecule has 3 N–H and O–H groups in total. The van der Waals surface area contributed by atoms with E-state index < -0.39 is 6.04 Å². The van der Waals surface area contributed by atoms with E-state index in [4.69, 9.17) is 31.2 Å². The number of rotatable bonds is 7. The molecule has 0 spiro atoms. The minimum absolute atomic E-state index is 0.285. The first-order chi connectivity index (χ1) is 14.9. The minimum atomic E-state index is -0.568. The fourth-order valence-electron chi connectivity index (χ4n) is 3.38. The van der Waals surface area contributed by atoms with Crippen molar-refractivity contribution >= 4 is 28.9 Å². The van der Waals surface area contributed by atoms with Gasteiger partial charge in [-0.05, 0) is 49.5 Å². The van der Waals surface area contributed by atoms with Crippen LogP contribution in [0, 0.1) is 0 Å². The average Bonchev–Trinajstić information content (AvgIpc) is 2.77. The molecule has 3 rings (SSSR count). The van der Waals surface area contributed by atoms with E-state index >= 15 is 0 Å². The van der Waals surface area contributed by atoms with Crippen LogP contribution < -0.4 is 34.9 Å². The molecule has 9 heteroatoms. The Hall–Kier alpha value is -3.46. The molecule has 1 amide bonds. The van der Waals surface area contributed by atoms with Crippen molar-refractivity contribution in [3.63, 3.8) is 0 Å². The molecule has 0 aliphatic carbocycles. The van der Waals surface area contributed by atoms with E-state index in [1.807, 2.05) is 0 Å². The first-order valence-electron chi connectivity index (χ1n) is 9.45. The Morgan fingerprint density at radius 3 is 2.13 bits per heavy atom. The molecule has 0 saturated heterocycles. The van der Waals surface area contributed by atoms with Crippen LogP contribution in [0.15, 0.2) is 47.7 Å². The third-order valence-corrected chi connectivity index (χ3v) is 5.13. The van der Waals surface area contributed by atoms with Crippen LogP contribution in [0.4, 0.5) is 5.69 Å². The van der Waals surface area contributed by atoms with Gasteiger partial charge in [-0.2, -0.15) is 0 Å². The number of carbonyl (C=O) groups excluding carboxylic acids is 1. The maximum Gasteiger partial charge on any atom is 0.255 e. The third-order valence-electron chi connectivity index (χ3n) is 4.91. The topological polar surface area (TPSA) is 90.1 Å². The van der Waals surface area contributed by atoms with Gasteiger partial charge < -0.3 is 34.9 Å². The largest absolute Gasteiger partial charge is 0.497 e. The highest BCUT2D eigenvalue weighted by Crippen LogP contribution is 2.40. The molecule has 1 atom stereocenters. The Bertz CT molecular complexity index is 1020. The van der Waals surface area contributed by atoms with Gasteiger partial charge in [-0.15, -0.1) is 0 Å². The standard InChI is InChI=1S/C22H25N3O5S/c1-12-19(21(26)24-13-6-8-14(27-2)9-7-13)20(25-22(31)23-12)15-10-17(29-4)18(30-5)11-16(15)28-3/h6-11,20H,1-5H3,(H,24,26)(H2,23,25,31)/t20-/m0/s1. The molecule has 0 radical (unpaired) electrons. The first-order valence-corrected chi connectivity index (χ1v) is 9.86. The summed E-state index contributed by atoms with van der Waals surface area (Å²) >= 11 is 5.35. The number of ether oxygens (including phenoxy) is 4. The lowest BCUT2D eigenvalue weighted by Crippen LogP contribution is -2.45. The molecule has 1 aliphatic heterocycles. The Morgan fingerprint density at radius 1 is 0.935 bits per heavy atom. The van der Waals surface area contributed by atoms with Gasteiger partial charge in [-0.1, -0.05) is 0 Å². The second-order valence-electron chi connectivity index (χ2n) is 6.70. The van der Waals surface area contributed by atoms with Crippen LogP contribution in [0.1, 0.15) is 18.5 Å². The van der Waals surface area contributed by atoms with Gasteiger partial charge >= 0.3 is 0 Å². The summed E-state index contributed by atoms with van der Waals surface area (Å²) < 4.78 is 21.6. The van der Waals surface area contributed by atoms with Gasteiger partial charge in [0.1, 0.15) is 11.5 Å². The highest BCUT2D eigenvalue weighted by molar-refractivity contribution is 7.80. The van der Waals surface area contributed by atoms with Crippen LogP contribution in [0.3, 0.4) is 0 Å². The Kier molecular flexibility index (Phi) is 6.86. The first kappa shape index (κ1) is 22.2. The zero-order chi connectivity index (χ0) is 22.5. The molecule has 0 unspecified atom stereocenters. The number of carbonyl (C=O) groups is 1. The van der Waals surface area contributed by atoms with E-state index in [0.29, 0.717) is 50.6 Å². The summed E-state index contributed by atoms with van der Waals surface area (Å²) in [6.07, 6.45) is 0. The highest BCUT2D eigenvalue weighted by atomic mass is 32.1. The number of benzene rings is 2. The number of hydrogen-bond acceptors (Lipinski definition) is 6. The Balaban J connectivity index is 2.02. The van der Waals surface area contributed by atoms with E-state index in [-0.39, 0.29) is 5.91 Å². The van der Waals surface area contributed by atoms with Gasteiger partial charge in [0.15, 0.2) is 16.6 Å². The predicted molar refractivity (Wildman–Crippen MR) is 122 cm³/mol. The second-order valence-corrected chi connectivity index (χ2v) is 7.11. The van der Waals surface area contributed by atoms with E-state index in [1.165, 1.54) is 0 Å². The summed E-state index contributed by atoms with van der Waals surface area (Å²) in [4.78, 5) is 13.3. The predicted octanol–water partition coefficient (Wildman–Crippen LogP) is 3.15. The molecule has 1 aliphatic rings. The number of allylic oxidation sites excluding steroid dienone is 1. The molecule has 8 nitrogen and oxygen atoms in total. The minimum Gasteiger partial charge on any atom is -0.497 e. The van der Waals surface area contributed by atoms with E-state index in [1.54, 1.807) is 71.8 Å². The van der Waals surface area contributed by atoms with Crippen LogP contribution in [0.2, 0.25) is 0 Å². The van der Waals surface area contributed by atoms with E-state index in [2.05, 4.69) is 16.0 Å². The quantitative estimate of drug-likeness (QED) is 0.563.